The Labute approximate surface area is 156 Å². The lowest BCUT2D eigenvalue weighted by Crippen LogP contribution is -2.28. The molecule has 0 amide bonds. The van der Waals surface area contributed by atoms with Gasteiger partial charge in [-0.3, -0.25) is 4.98 Å². The van der Waals surface area contributed by atoms with E-state index in [1.165, 1.54) is 11.3 Å². The van der Waals surface area contributed by atoms with E-state index in [0.29, 0.717) is 22.4 Å². The summed E-state index contributed by atoms with van der Waals surface area (Å²) in [7, 11) is -3.47. The highest BCUT2D eigenvalue weighted by Gasteiger charge is 2.15. The molecule has 0 aliphatic carbocycles. The zero-order valence-corrected chi connectivity index (χ0v) is 16.4. The van der Waals surface area contributed by atoms with Gasteiger partial charge in [-0.15, -0.1) is 11.3 Å². The number of sulfonamides is 1. The van der Waals surface area contributed by atoms with Crippen molar-refractivity contribution in [1.82, 2.24) is 24.5 Å². The summed E-state index contributed by atoms with van der Waals surface area (Å²) in [4.78, 5) is 9.59. The van der Waals surface area contributed by atoms with Crippen LogP contribution < -0.4 is 10.0 Å². The first-order valence-corrected chi connectivity index (χ1v) is 10.3. The Bertz CT molecular complexity index is 1010. The Kier molecular flexibility index (Phi) is 5.35. The van der Waals surface area contributed by atoms with E-state index in [4.69, 9.17) is 0 Å². The number of anilines is 1. The van der Waals surface area contributed by atoms with Gasteiger partial charge in [-0.25, -0.2) is 22.8 Å². The topological polar surface area (TPSA) is 102 Å². The Morgan fingerprint density at radius 3 is 2.62 bits per heavy atom. The van der Waals surface area contributed by atoms with Crippen molar-refractivity contribution in [3.05, 3.63) is 46.9 Å². The predicted octanol–water partition coefficient (Wildman–Crippen LogP) is 2.04. The van der Waals surface area contributed by atoms with E-state index in [-0.39, 0.29) is 6.54 Å². The number of aromatic nitrogens is 4. The molecule has 0 saturated heterocycles. The standard InChI is InChI=1S/C16H20N6O2S2/c1-11-8-12(2)22(21-11)15-10-17-9-14(20-15)18-6-7-19-26(23,24)16-5-4-13(3)25-16/h4-5,8-10,19H,6-7H2,1-3H3,(H,18,20). The minimum absolute atomic E-state index is 0.241. The molecule has 0 atom stereocenters. The van der Waals surface area contributed by atoms with Crippen LogP contribution in [0.25, 0.3) is 5.82 Å². The Balaban J connectivity index is 1.59. The van der Waals surface area contributed by atoms with Gasteiger partial charge in [0.15, 0.2) is 5.82 Å². The van der Waals surface area contributed by atoms with Gasteiger partial charge in [-0.2, -0.15) is 5.10 Å². The average molecular weight is 393 g/mol. The lowest BCUT2D eigenvalue weighted by atomic mass is 10.4. The summed E-state index contributed by atoms with van der Waals surface area (Å²) in [6.45, 7) is 6.37. The summed E-state index contributed by atoms with van der Waals surface area (Å²) in [5.41, 5.74) is 1.87. The summed E-state index contributed by atoms with van der Waals surface area (Å²) < 4.78 is 28.9. The normalized spacial score (nSPS) is 11.7. The molecule has 0 saturated carbocycles. The summed E-state index contributed by atoms with van der Waals surface area (Å²) in [6.07, 6.45) is 3.22. The minimum Gasteiger partial charge on any atom is -0.367 e. The molecule has 0 aliphatic heterocycles. The highest BCUT2D eigenvalue weighted by Crippen LogP contribution is 2.20. The van der Waals surface area contributed by atoms with Crippen LogP contribution in [-0.4, -0.2) is 41.3 Å². The molecule has 26 heavy (non-hydrogen) atoms. The quantitative estimate of drug-likeness (QED) is 0.597. The van der Waals surface area contributed by atoms with Crippen LogP contribution in [0.3, 0.4) is 0 Å². The largest absolute Gasteiger partial charge is 0.367 e. The Morgan fingerprint density at radius 1 is 1.15 bits per heavy atom. The van der Waals surface area contributed by atoms with Gasteiger partial charge in [0, 0.05) is 23.7 Å². The van der Waals surface area contributed by atoms with E-state index in [1.807, 2.05) is 26.8 Å². The molecule has 0 spiro atoms. The van der Waals surface area contributed by atoms with Crippen molar-refractivity contribution in [1.29, 1.82) is 0 Å². The zero-order chi connectivity index (χ0) is 18.7. The van der Waals surface area contributed by atoms with E-state index in [1.54, 1.807) is 29.2 Å². The van der Waals surface area contributed by atoms with Gasteiger partial charge in [-0.1, -0.05) is 0 Å². The molecule has 0 radical (unpaired) electrons. The Morgan fingerprint density at radius 2 is 1.96 bits per heavy atom. The van der Waals surface area contributed by atoms with Gasteiger partial charge in [-0.05, 0) is 39.0 Å². The minimum atomic E-state index is -3.47. The number of rotatable bonds is 7. The third-order valence-corrected chi connectivity index (χ3v) is 6.51. The number of hydrogen-bond acceptors (Lipinski definition) is 7. The van der Waals surface area contributed by atoms with Gasteiger partial charge in [0.1, 0.15) is 10.0 Å². The van der Waals surface area contributed by atoms with Crippen LogP contribution in [0.1, 0.15) is 16.3 Å². The number of nitrogens with zero attached hydrogens (tertiary/aromatic N) is 4. The van der Waals surface area contributed by atoms with Gasteiger partial charge in [0.25, 0.3) is 0 Å². The number of nitrogens with one attached hydrogen (secondary N) is 2. The van der Waals surface area contributed by atoms with Crippen molar-refractivity contribution in [2.24, 2.45) is 0 Å². The van der Waals surface area contributed by atoms with Crippen molar-refractivity contribution in [2.75, 3.05) is 18.4 Å². The summed E-state index contributed by atoms with van der Waals surface area (Å²) in [6, 6.07) is 5.36. The fraction of sp³-hybridized carbons (Fsp3) is 0.312. The number of thiophene rings is 1. The molecule has 3 rings (SSSR count). The maximum Gasteiger partial charge on any atom is 0.250 e. The van der Waals surface area contributed by atoms with Crippen molar-refractivity contribution < 1.29 is 8.42 Å². The second kappa shape index (κ2) is 7.52. The third-order valence-electron chi connectivity index (χ3n) is 3.55. The monoisotopic (exact) mass is 392 g/mol. The smallest absolute Gasteiger partial charge is 0.250 e. The van der Waals surface area contributed by atoms with Crippen molar-refractivity contribution in [3.63, 3.8) is 0 Å². The lowest BCUT2D eigenvalue weighted by molar-refractivity contribution is 0.585. The number of hydrogen-bond donors (Lipinski definition) is 2. The maximum absolute atomic E-state index is 12.2. The van der Waals surface area contributed by atoms with Crippen LogP contribution in [0.4, 0.5) is 5.82 Å². The molecule has 0 unspecified atom stereocenters. The SMILES string of the molecule is Cc1cc(C)n(-c2cncc(NCCNS(=O)(=O)c3ccc(C)s3)n2)n1. The van der Waals surface area contributed by atoms with E-state index in [2.05, 4.69) is 25.1 Å². The summed E-state index contributed by atoms with van der Waals surface area (Å²) >= 11 is 1.25. The molecule has 0 aliphatic rings. The van der Waals surface area contributed by atoms with E-state index in [0.717, 1.165) is 16.3 Å². The number of aryl methyl sites for hydroxylation is 3. The van der Waals surface area contributed by atoms with Crippen LogP contribution in [0.15, 0.2) is 34.8 Å². The molecule has 138 valence electrons. The van der Waals surface area contributed by atoms with E-state index >= 15 is 0 Å². The van der Waals surface area contributed by atoms with Crippen LogP contribution in [0.5, 0.6) is 0 Å². The molecule has 0 fully saturated rings. The van der Waals surface area contributed by atoms with Gasteiger partial charge < -0.3 is 5.32 Å². The van der Waals surface area contributed by atoms with Crippen molar-refractivity contribution >= 4 is 27.2 Å². The molecule has 0 bridgehead atoms. The van der Waals surface area contributed by atoms with Crippen molar-refractivity contribution in [3.8, 4) is 5.82 Å². The second-order valence-electron chi connectivity index (χ2n) is 5.79. The van der Waals surface area contributed by atoms with E-state index in [9.17, 15) is 8.42 Å². The van der Waals surface area contributed by atoms with Crippen molar-refractivity contribution in [2.45, 2.75) is 25.0 Å². The average Bonchev–Trinajstić information content (AvgIpc) is 3.18. The molecule has 3 heterocycles. The van der Waals surface area contributed by atoms with Crippen LogP contribution in [-0.2, 0) is 10.0 Å². The molecular formula is C16H20N6O2S2. The maximum atomic E-state index is 12.2. The lowest BCUT2D eigenvalue weighted by Gasteiger charge is -2.09. The molecule has 10 heteroatoms. The van der Waals surface area contributed by atoms with Gasteiger partial charge in [0.2, 0.25) is 10.0 Å². The first-order chi connectivity index (χ1) is 12.3. The molecular weight excluding hydrogens is 372 g/mol. The summed E-state index contributed by atoms with van der Waals surface area (Å²) in [5, 5.41) is 7.45. The first-order valence-electron chi connectivity index (χ1n) is 8.01. The first kappa shape index (κ1) is 18.5. The fourth-order valence-electron chi connectivity index (χ4n) is 2.41. The van der Waals surface area contributed by atoms with E-state index < -0.39 is 10.0 Å². The molecule has 8 nitrogen and oxygen atoms in total. The summed E-state index contributed by atoms with van der Waals surface area (Å²) in [5.74, 6) is 1.16. The highest BCUT2D eigenvalue weighted by molar-refractivity contribution is 7.91. The molecule has 2 N–H and O–H groups in total. The molecule has 3 aromatic heterocycles. The van der Waals surface area contributed by atoms with Crippen LogP contribution >= 0.6 is 11.3 Å². The van der Waals surface area contributed by atoms with Crippen LogP contribution in [0.2, 0.25) is 0 Å². The Hall–Kier alpha value is -2.30. The van der Waals surface area contributed by atoms with Gasteiger partial charge in [0.05, 0.1) is 18.1 Å². The van der Waals surface area contributed by atoms with Gasteiger partial charge >= 0.3 is 0 Å². The zero-order valence-electron chi connectivity index (χ0n) is 14.7. The fourth-order valence-corrected chi connectivity index (χ4v) is 4.77. The van der Waals surface area contributed by atoms with Crippen LogP contribution in [0, 0.1) is 20.8 Å². The third kappa shape index (κ3) is 4.26. The second-order valence-corrected chi connectivity index (χ2v) is 9.07. The highest BCUT2D eigenvalue weighted by atomic mass is 32.2. The molecule has 0 aromatic carbocycles. The molecule has 3 aromatic rings. The predicted molar refractivity (Wildman–Crippen MR) is 101 cm³/mol.